The van der Waals surface area contributed by atoms with Gasteiger partial charge in [-0.1, -0.05) is 42.4 Å². The largest absolute Gasteiger partial charge is 0.481 e. The summed E-state index contributed by atoms with van der Waals surface area (Å²) in [6.45, 7) is 1.39. The highest BCUT2D eigenvalue weighted by atomic mass is 16.5. The van der Waals surface area contributed by atoms with E-state index in [2.05, 4.69) is 58.9 Å². The zero-order chi connectivity index (χ0) is 29.6. The van der Waals surface area contributed by atoms with Crippen molar-refractivity contribution in [2.75, 3.05) is 19.0 Å². The van der Waals surface area contributed by atoms with Crippen molar-refractivity contribution in [2.45, 2.75) is 77.2 Å². The van der Waals surface area contributed by atoms with Gasteiger partial charge in [0.25, 0.3) is 0 Å². The Balaban J connectivity index is 1.09. The second-order valence-electron chi connectivity index (χ2n) is 12.1. The number of carboxylic acids is 1. The molecule has 4 aliphatic rings. The summed E-state index contributed by atoms with van der Waals surface area (Å²) >= 11 is 0. The van der Waals surface area contributed by atoms with E-state index in [0.717, 1.165) is 98.2 Å². The molecule has 1 aromatic heterocycles. The normalized spacial score (nSPS) is 22.6. The molecule has 0 radical (unpaired) electrons. The quantitative estimate of drug-likeness (QED) is 0.269. The van der Waals surface area contributed by atoms with Crippen LogP contribution < -0.4 is 5.32 Å². The average Bonchev–Trinajstić information content (AvgIpc) is 3.26. The fraction of sp³-hybridized carbons (Fsp3) is 0.444. The van der Waals surface area contributed by atoms with Crippen LogP contribution in [0.25, 0.3) is 11.1 Å². The molecular formula is C36H42N4O3. The molecule has 43 heavy (non-hydrogen) atoms. The van der Waals surface area contributed by atoms with Crippen LogP contribution in [0.4, 0.5) is 5.69 Å². The van der Waals surface area contributed by atoms with Crippen molar-refractivity contribution in [2.24, 2.45) is 21.8 Å². The van der Waals surface area contributed by atoms with Gasteiger partial charge in [-0.15, -0.1) is 0 Å². The van der Waals surface area contributed by atoms with Crippen molar-refractivity contribution in [3.63, 3.8) is 0 Å². The molecule has 6 rings (SSSR count). The van der Waals surface area contributed by atoms with Crippen molar-refractivity contribution in [3.05, 3.63) is 82.7 Å². The molecule has 1 fully saturated rings. The lowest BCUT2D eigenvalue weighted by Gasteiger charge is -2.22. The molecule has 1 saturated carbocycles. The predicted octanol–water partition coefficient (Wildman–Crippen LogP) is 7.84. The van der Waals surface area contributed by atoms with Gasteiger partial charge in [-0.25, -0.2) is 0 Å². The SMILES string of the molecule is COC1=NCCC=C1c1ccc2c(c1)NC(c1ccc(C3=CCCC=C(C4CCCC(CC(=O)O)CC4)CC3)nc1)=NC2. The van der Waals surface area contributed by atoms with Crippen LogP contribution in [-0.4, -0.2) is 41.4 Å². The third kappa shape index (κ3) is 6.98. The number of aliphatic imine (C=N–C) groups is 2. The van der Waals surface area contributed by atoms with Gasteiger partial charge in [-0.05, 0) is 105 Å². The minimum absolute atomic E-state index is 0.318. The highest BCUT2D eigenvalue weighted by molar-refractivity contribution is 6.20. The standard InChI is InChI=1S/C36H42N4O3/c1-43-36-31(10-5-19-37-36)28-15-16-29-22-39-35(40-33(29)21-28)30-17-18-32(38-23-30)27-8-3-2-7-25(13-14-27)26-9-4-6-24(11-12-26)20-34(41)42/h7-8,10,15-18,21,23-24,26H,2-6,9,11-14,19-20,22H2,1H3,(H,39,40)(H,41,42). The van der Waals surface area contributed by atoms with E-state index in [9.17, 15) is 9.90 Å². The Morgan fingerprint density at radius 2 is 1.86 bits per heavy atom. The summed E-state index contributed by atoms with van der Waals surface area (Å²) in [7, 11) is 1.68. The molecule has 3 heterocycles. The molecule has 2 aliphatic heterocycles. The van der Waals surface area contributed by atoms with E-state index in [0.29, 0.717) is 30.7 Å². The molecule has 0 spiro atoms. The molecule has 0 amide bonds. The summed E-state index contributed by atoms with van der Waals surface area (Å²) in [6, 6.07) is 10.7. The van der Waals surface area contributed by atoms with Gasteiger partial charge in [-0.3, -0.25) is 19.8 Å². The number of benzene rings is 1. The Bertz CT molecular complexity index is 1500. The third-order valence-corrected chi connectivity index (χ3v) is 9.33. The smallest absolute Gasteiger partial charge is 0.303 e. The summed E-state index contributed by atoms with van der Waals surface area (Å²) in [4.78, 5) is 25.5. The molecule has 2 aromatic rings. The second kappa shape index (κ2) is 13.5. The Hall–Kier alpha value is -4.00. The van der Waals surface area contributed by atoms with Crippen LogP contribution in [0.1, 0.15) is 93.0 Å². The van der Waals surface area contributed by atoms with Crippen LogP contribution in [0.5, 0.6) is 0 Å². The van der Waals surface area contributed by atoms with Gasteiger partial charge in [0.1, 0.15) is 5.84 Å². The van der Waals surface area contributed by atoms with Gasteiger partial charge in [-0.2, -0.15) is 0 Å². The average molecular weight is 579 g/mol. The minimum atomic E-state index is -0.656. The number of pyridine rings is 1. The van der Waals surface area contributed by atoms with Crippen molar-refractivity contribution in [1.82, 2.24) is 4.98 Å². The maximum Gasteiger partial charge on any atom is 0.303 e. The van der Waals surface area contributed by atoms with Gasteiger partial charge in [0.15, 0.2) is 0 Å². The Morgan fingerprint density at radius 1 is 0.977 bits per heavy atom. The fourth-order valence-corrected chi connectivity index (χ4v) is 6.99. The minimum Gasteiger partial charge on any atom is -0.481 e. The van der Waals surface area contributed by atoms with E-state index in [1.165, 1.54) is 17.6 Å². The molecule has 2 atom stereocenters. The molecule has 2 N–H and O–H groups in total. The number of hydrogen-bond acceptors (Lipinski definition) is 6. The van der Waals surface area contributed by atoms with E-state index in [4.69, 9.17) is 14.7 Å². The first kappa shape index (κ1) is 29.1. The Labute approximate surface area is 254 Å². The van der Waals surface area contributed by atoms with Crippen molar-refractivity contribution in [1.29, 1.82) is 0 Å². The van der Waals surface area contributed by atoms with Crippen molar-refractivity contribution >= 4 is 34.5 Å². The summed E-state index contributed by atoms with van der Waals surface area (Å²) < 4.78 is 5.53. The number of hydrogen-bond donors (Lipinski definition) is 2. The molecule has 7 nitrogen and oxygen atoms in total. The topological polar surface area (TPSA) is 96.2 Å². The second-order valence-corrected chi connectivity index (χ2v) is 12.1. The molecule has 0 saturated heterocycles. The van der Waals surface area contributed by atoms with Crippen LogP contribution in [0.3, 0.4) is 0 Å². The molecular weight excluding hydrogens is 536 g/mol. The van der Waals surface area contributed by atoms with Gasteiger partial charge in [0, 0.05) is 36.0 Å². The predicted molar refractivity (Wildman–Crippen MR) is 173 cm³/mol. The molecule has 0 bridgehead atoms. The molecule has 224 valence electrons. The number of anilines is 1. The van der Waals surface area contributed by atoms with Crippen LogP contribution in [-0.2, 0) is 16.1 Å². The first-order valence-electron chi connectivity index (χ1n) is 15.9. The van der Waals surface area contributed by atoms with Crippen molar-refractivity contribution < 1.29 is 14.6 Å². The number of amidine groups is 1. The van der Waals surface area contributed by atoms with Crippen LogP contribution >= 0.6 is 0 Å². The number of fused-ring (bicyclic) bond motifs is 1. The van der Waals surface area contributed by atoms with Gasteiger partial charge in [0.05, 0.1) is 19.3 Å². The zero-order valence-electron chi connectivity index (χ0n) is 25.1. The van der Waals surface area contributed by atoms with Gasteiger partial charge >= 0.3 is 5.97 Å². The van der Waals surface area contributed by atoms with Gasteiger partial charge < -0.3 is 15.2 Å². The lowest BCUT2D eigenvalue weighted by atomic mass is 9.84. The monoisotopic (exact) mass is 578 g/mol. The zero-order valence-corrected chi connectivity index (χ0v) is 25.1. The molecule has 1 aromatic carbocycles. The molecule has 7 heteroatoms. The van der Waals surface area contributed by atoms with Crippen LogP contribution in [0.15, 0.2) is 70.3 Å². The molecule has 2 aliphatic carbocycles. The number of ether oxygens (including phenoxy) is 1. The lowest BCUT2D eigenvalue weighted by molar-refractivity contribution is -0.138. The highest BCUT2D eigenvalue weighted by Crippen LogP contribution is 2.37. The number of allylic oxidation sites excluding steroid dienone is 4. The van der Waals surface area contributed by atoms with Crippen LogP contribution in [0.2, 0.25) is 0 Å². The summed E-state index contributed by atoms with van der Waals surface area (Å²) in [5.74, 6) is 1.81. The third-order valence-electron chi connectivity index (χ3n) is 9.33. The lowest BCUT2D eigenvalue weighted by Crippen LogP contribution is -2.20. The highest BCUT2D eigenvalue weighted by Gasteiger charge is 2.24. The Morgan fingerprint density at radius 3 is 2.70 bits per heavy atom. The first-order chi connectivity index (χ1) is 21.1. The van der Waals surface area contributed by atoms with E-state index in [1.807, 2.05) is 6.20 Å². The molecule has 2 unspecified atom stereocenters. The number of carbonyl (C=O) groups is 1. The number of aromatic nitrogens is 1. The maximum absolute atomic E-state index is 11.2. The first-order valence-corrected chi connectivity index (χ1v) is 15.9. The number of methoxy groups -OCH3 is 1. The maximum atomic E-state index is 11.2. The Kier molecular flexibility index (Phi) is 9.16. The van der Waals surface area contributed by atoms with E-state index in [1.54, 1.807) is 12.7 Å². The van der Waals surface area contributed by atoms with Crippen molar-refractivity contribution in [3.8, 4) is 0 Å². The van der Waals surface area contributed by atoms with Crippen LogP contribution in [0, 0.1) is 11.8 Å². The fourth-order valence-electron chi connectivity index (χ4n) is 6.99. The number of rotatable bonds is 6. The summed E-state index contributed by atoms with van der Waals surface area (Å²) in [5, 5.41) is 12.8. The number of nitrogens with zero attached hydrogens (tertiary/aromatic N) is 3. The summed E-state index contributed by atoms with van der Waals surface area (Å²) in [6.07, 6.45) is 19.9. The van der Waals surface area contributed by atoms with Gasteiger partial charge in [0.2, 0.25) is 5.90 Å². The number of dihydropyridines is 1. The van der Waals surface area contributed by atoms with E-state index in [-0.39, 0.29) is 0 Å². The number of carboxylic acid groups (broad SMARTS) is 1. The van der Waals surface area contributed by atoms with E-state index >= 15 is 0 Å². The van der Waals surface area contributed by atoms with E-state index < -0.39 is 5.97 Å². The number of aliphatic carboxylic acids is 1. The summed E-state index contributed by atoms with van der Waals surface area (Å²) in [5.41, 5.74) is 9.28. The number of nitrogens with one attached hydrogen (secondary N) is 1.